The monoisotopic (exact) mass is 452 g/mol. The Hall–Kier alpha value is -2.17. The zero-order chi connectivity index (χ0) is 18.7. The number of nitrogens with zero attached hydrogens (tertiary/aromatic N) is 2. The Bertz CT molecular complexity index is 1030. The minimum Gasteiger partial charge on any atom is -0.308 e. The van der Waals surface area contributed by atoms with Gasteiger partial charge in [-0.15, -0.1) is 11.3 Å². The summed E-state index contributed by atoms with van der Waals surface area (Å²) >= 11 is 5.73. The number of nitrogens with one attached hydrogen (secondary N) is 2. The number of hydrogen-bond donors (Lipinski definition) is 2. The van der Waals surface area contributed by atoms with Gasteiger partial charge in [0, 0.05) is 17.2 Å². The van der Waals surface area contributed by atoms with Crippen LogP contribution in [0.2, 0.25) is 0 Å². The van der Waals surface area contributed by atoms with E-state index in [0.717, 1.165) is 16.2 Å². The van der Waals surface area contributed by atoms with Crippen LogP contribution in [0.1, 0.15) is 0 Å². The number of carbonyl (C=O) groups excluding carboxylic acids is 2. The zero-order valence-corrected chi connectivity index (χ0v) is 16.7. The first-order chi connectivity index (χ1) is 12.4. The number of benzene rings is 1. The lowest BCUT2D eigenvalue weighted by Gasteiger charge is -2.08. The number of fused-ring (bicyclic) bond motifs is 1. The Labute approximate surface area is 164 Å². The maximum atomic E-state index is 12.2. The molecule has 134 valence electrons. The standard InChI is InChI=1S/C16H13BrN4O3S2/c1-21-14(23)13-11(6-7-25-13)19-16(21)26-8-12(22)20-15(24)18-10-4-2-9(17)3-5-10/h2-7H,8H2,1H3,(H2,18,20,22,24). The van der Waals surface area contributed by atoms with Crippen LogP contribution in [-0.4, -0.2) is 27.2 Å². The summed E-state index contributed by atoms with van der Waals surface area (Å²) in [5.41, 5.74) is 1.02. The summed E-state index contributed by atoms with van der Waals surface area (Å²) in [7, 11) is 1.61. The summed E-state index contributed by atoms with van der Waals surface area (Å²) in [4.78, 5) is 40.4. The van der Waals surface area contributed by atoms with Gasteiger partial charge in [-0.2, -0.15) is 0 Å². The molecule has 3 amide bonds. The lowest BCUT2D eigenvalue weighted by molar-refractivity contribution is -0.117. The van der Waals surface area contributed by atoms with Gasteiger partial charge in [-0.25, -0.2) is 9.78 Å². The van der Waals surface area contributed by atoms with Crippen LogP contribution in [0, 0.1) is 0 Å². The van der Waals surface area contributed by atoms with Crippen molar-refractivity contribution in [3.8, 4) is 0 Å². The van der Waals surface area contributed by atoms with E-state index in [1.807, 2.05) is 0 Å². The smallest absolute Gasteiger partial charge is 0.308 e. The molecule has 1 aromatic carbocycles. The van der Waals surface area contributed by atoms with Crippen LogP contribution in [0.15, 0.2) is 50.1 Å². The number of amides is 3. The summed E-state index contributed by atoms with van der Waals surface area (Å²) in [6.45, 7) is 0. The molecule has 0 bridgehead atoms. The van der Waals surface area contributed by atoms with Gasteiger partial charge in [-0.05, 0) is 35.7 Å². The Balaban J connectivity index is 1.58. The van der Waals surface area contributed by atoms with Crippen LogP contribution >= 0.6 is 39.0 Å². The van der Waals surface area contributed by atoms with Gasteiger partial charge in [0.05, 0.1) is 11.3 Å². The van der Waals surface area contributed by atoms with Gasteiger partial charge in [0.1, 0.15) is 4.70 Å². The number of halogens is 1. The molecule has 0 aliphatic heterocycles. The van der Waals surface area contributed by atoms with Gasteiger partial charge in [-0.1, -0.05) is 27.7 Å². The molecule has 2 N–H and O–H groups in total. The molecule has 3 rings (SSSR count). The summed E-state index contributed by atoms with van der Waals surface area (Å²) in [6.07, 6.45) is 0. The van der Waals surface area contributed by atoms with Crippen molar-refractivity contribution < 1.29 is 9.59 Å². The first-order valence-electron chi connectivity index (χ1n) is 7.37. The molecule has 0 spiro atoms. The maximum Gasteiger partial charge on any atom is 0.325 e. The topological polar surface area (TPSA) is 93.1 Å². The van der Waals surface area contributed by atoms with Crippen LogP contribution in [0.4, 0.5) is 10.5 Å². The summed E-state index contributed by atoms with van der Waals surface area (Å²) in [6, 6.07) is 8.11. The second kappa shape index (κ2) is 8.02. The molecule has 0 unspecified atom stereocenters. The molecule has 2 heterocycles. The van der Waals surface area contributed by atoms with E-state index in [0.29, 0.717) is 21.1 Å². The molecule has 7 nitrogen and oxygen atoms in total. The molecule has 3 aromatic rings. The van der Waals surface area contributed by atoms with Crippen molar-refractivity contribution in [2.75, 3.05) is 11.1 Å². The predicted molar refractivity (Wildman–Crippen MR) is 107 cm³/mol. The lowest BCUT2D eigenvalue weighted by atomic mass is 10.3. The van der Waals surface area contributed by atoms with Crippen molar-refractivity contribution in [1.29, 1.82) is 0 Å². The largest absolute Gasteiger partial charge is 0.325 e. The summed E-state index contributed by atoms with van der Waals surface area (Å²) in [5.74, 6) is -0.520. The number of rotatable bonds is 4. The molecule has 10 heteroatoms. The molecule has 0 atom stereocenters. The van der Waals surface area contributed by atoms with Crippen LogP contribution in [0.3, 0.4) is 0 Å². The van der Waals surface area contributed by atoms with Crippen molar-refractivity contribution in [3.63, 3.8) is 0 Å². The van der Waals surface area contributed by atoms with E-state index < -0.39 is 11.9 Å². The van der Waals surface area contributed by atoms with Crippen molar-refractivity contribution in [3.05, 3.63) is 50.5 Å². The van der Waals surface area contributed by atoms with Gasteiger partial charge in [0.15, 0.2) is 5.16 Å². The number of urea groups is 1. The van der Waals surface area contributed by atoms with Crippen molar-refractivity contribution >= 4 is 66.9 Å². The minimum absolute atomic E-state index is 0.0380. The number of carbonyl (C=O) groups is 2. The average Bonchev–Trinajstić information content (AvgIpc) is 3.07. The zero-order valence-electron chi connectivity index (χ0n) is 13.5. The van der Waals surface area contributed by atoms with Crippen molar-refractivity contribution in [2.45, 2.75) is 5.16 Å². The molecular weight excluding hydrogens is 440 g/mol. The number of thioether (sulfide) groups is 1. The van der Waals surface area contributed by atoms with E-state index in [1.54, 1.807) is 42.8 Å². The minimum atomic E-state index is -0.618. The summed E-state index contributed by atoms with van der Waals surface area (Å²) in [5, 5.41) is 7.03. The molecular formula is C16H13BrN4O3S2. The van der Waals surface area contributed by atoms with E-state index in [4.69, 9.17) is 0 Å². The third-order valence-corrected chi connectivity index (χ3v) is 5.78. The highest BCUT2D eigenvalue weighted by Gasteiger charge is 2.13. The summed E-state index contributed by atoms with van der Waals surface area (Å²) < 4.78 is 2.87. The first kappa shape index (κ1) is 18.6. The molecule has 0 aliphatic rings. The van der Waals surface area contributed by atoms with E-state index in [-0.39, 0.29) is 11.3 Å². The third kappa shape index (κ3) is 4.32. The van der Waals surface area contributed by atoms with E-state index in [1.165, 1.54) is 15.9 Å². The second-order valence-electron chi connectivity index (χ2n) is 5.19. The highest BCUT2D eigenvalue weighted by Crippen LogP contribution is 2.20. The predicted octanol–water partition coefficient (Wildman–Crippen LogP) is 3.20. The normalized spacial score (nSPS) is 10.7. The Morgan fingerprint density at radius 1 is 1.27 bits per heavy atom. The van der Waals surface area contributed by atoms with Gasteiger partial charge < -0.3 is 5.32 Å². The van der Waals surface area contributed by atoms with Crippen molar-refractivity contribution in [2.24, 2.45) is 7.05 Å². The third-order valence-electron chi connectivity index (χ3n) is 3.33. The second-order valence-corrected chi connectivity index (χ2v) is 7.97. The van der Waals surface area contributed by atoms with Crippen LogP contribution in [0.25, 0.3) is 10.2 Å². The first-order valence-corrected chi connectivity index (χ1v) is 10.0. The fourth-order valence-electron chi connectivity index (χ4n) is 2.09. The Morgan fingerprint density at radius 3 is 2.73 bits per heavy atom. The molecule has 0 saturated heterocycles. The number of anilines is 1. The SMILES string of the molecule is Cn1c(SCC(=O)NC(=O)Nc2ccc(Br)cc2)nc2ccsc2c1=O. The number of hydrogen-bond acceptors (Lipinski definition) is 6. The van der Waals surface area contributed by atoms with Crippen LogP contribution in [0.5, 0.6) is 0 Å². The van der Waals surface area contributed by atoms with Gasteiger partial charge in [0.2, 0.25) is 5.91 Å². The molecule has 2 aromatic heterocycles. The van der Waals surface area contributed by atoms with E-state index in [9.17, 15) is 14.4 Å². The fraction of sp³-hybridized carbons (Fsp3) is 0.125. The van der Waals surface area contributed by atoms with Gasteiger partial charge in [-0.3, -0.25) is 19.5 Å². The van der Waals surface area contributed by atoms with E-state index >= 15 is 0 Å². The molecule has 0 radical (unpaired) electrons. The molecule has 0 fully saturated rings. The van der Waals surface area contributed by atoms with Crippen LogP contribution < -0.4 is 16.2 Å². The fourth-order valence-corrected chi connectivity index (χ4v) is 3.93. The molecule has 0 saturated carbocycles. The van der Waals surface area contributed by atoms with Crippen LogP contribution in [-0.2, 0) is 11.8 Å². The Kier molecular flexibility index (Phi) is 5.74. The highest BCUT2D eigenvalue weighted by molar-refractivity contribution is 9.10. The molecule has 26 heavy (non-hydrogen) atoms. The number of aromatic nitrogens is 2. The number of thiophene rings is 1. The van der Waals surface area contributed by atoms with Gasteiger partial charge in [0.25, 0.3) is 5.56 Å². The quantitative estimate of drug-likeness (QED) is 0.468. The average molecular weight is 453 g/mol. The van der Waals surface area contributed by atoms with E-state index in [2.05, 4.69) is 31.5 Å². The Morgan fingerprint density at radius 2 is 2.00 bits per heavy atom. The highest BCUT2D eigenvalue weighted by atomic mass is 79.9. The lowest BCUT2D eigenvalue weighted by Crippen LogP contribution is -2.35. The molecule has 0 aliphatic carbocycles. The number of imide groups is 1. The van der Waals surface area contributed by atoms with Crippen molar-refractivity contribution in [1.82, 2.24) is 14.9 Å². The van der Waals surface area contributed by atoms with Gasteiger partial charge >= 0.3 is 6.03 Å². The maximum absolute atomic E-state index is 12.2.